The quantitative estimate of drug-likeness (QED) is 0.363. The van der Waals surface area contributed by atoms with Crippen LogP contribution in [0, 0.1) is 15.2 Å². The van der Waals surface area contributed by atoms with E-state index in [0.29, 0.717) is 18.7 Å². The molecule has 1 saturated heterocycles. The number of hydrogen-bond acceptors (Lipinski definition) is 5. The summed E-state index contributed by atoms with van der Waals surface area (Å²) in [6, 6.07) is 10.3. The average Bonchev–Trinajstić information content (AvgIpc) is 2.76. The van der Waals surface area contributed by atoms with Crippen LogP contribution < -0.4 is 10.6 Å². The van der Waals surface area contributed by atoms with Crippen LogP contribution in [-0.2, 0) is 22.6 Å². The molecule has 2 amide bonds. The lowest BCUT2D eigenvalue weighted by Gasteiger charge is -2.37. The molecule has 35 heavy (non-hydrogen) atoms. The molecule has 0 unspecified atom stereocenters. The first-order valence-electron chi connectivity index (χ1n) is 11.5. The van der Waals surface area contributed by atoms with Crippen molar-refractivity contribution in [1.82, 2.24) is 20.4 Å². The Labute approximate surface area is 218 Å². The monoisotopic (exact) mass is 600 g/mol. The first-order valence-corrected chi connectivity index (χ1v) is 12.5. The first-order chi connectivity index (χ1) is 16.6. The second-order valence-corrected chi connectivity index (χ2v) is 10.3. The van der Waals surface area contributed by atoms with Gasteiger partial charge in [-0.1, -0.05) is 12.1 Å². The molecule has 7 nitrogen and oxygen atoms in total. The molecule has 3 N–H and O–H groups in total. The molecule has 2 aromatic carbocycles. The minimum absolute atomic E-state index is 0.0134. The van der Waals surface area contributed by atoms with Crippen LogP contribution in [0.5, 0.6) is 0 Å². The molecular weight excluding hydrogens is 569 g/mol. The maximum Gasteiger partial charge on any atom is 0.236 e. The van der Waals surface area contributed by atoms with E-state index in [9.17, 15) is 23.5 Å². The van der Waals surface area contributed by atoms with Gasteiger partial charge in [0.25, 0.3) is 0 Å². The van der Waals surface area contributed by atoms with Crippen molar-refractivity contribution in [3.8, 4) is 0 Å². The number of amides is 2. The Hall–Kier alpha value is -2.15. The lowest BCUT2D eigenvalue weighted by molar-refractivity contribution is -0.138. The Balaban J connectivity index is 1.64. The van der Waals surface area contributed by atoms with Gasteiger partial charge in [0.15, 0.2) is 0 Å². The van der Waals surface area contributed by atoms with Crippen LogP contribution in [0.25, 0.3) is 0 Å². The van der Waals surface area contributed by atoms with E-state index in [4.69, 9.17) is 0 Å². The highest BCUT2D eigenvalue weighted by Gasteiger charge is 2.29. The van der Waals surface area contributed by atoms with Crippen molar-refractivity contribution in [2.24, 2.45) is 0 Å². The Morgan fingerprint density at radius 1 is 1.20 bits per heavy atom. The Kier molecular flexibility index (Phi) is 9.96. The van der Waals surface area contributed by atoms with Gasteiger partial charge in [0.1, 0.15) is 11.6 Å². The smallest absolute Gasteiger partial charge is 0.236 e. The van der Waals surface area contributed by atoms with Crippen LogP contribution in [0.3, 0.4) is 0 Å². The zero-order valence-corrected chi connectivity index (χ0v) is 22.0. The van der Waals surface area contributed by atoms with Crippen LogP contribution in [0.2, 0.25) is 0 Å². The van der Waals surface area contributed by atoms with Crippen LogP contribution in [0.4, 0.5) is 8.78 Å². The van der Waals surface area contributed by atoms with Gasteiger partial charge in [-0.3, -0.25) is 14.5 Å². The molecule has 10 heteroatoms. The van der Waals surface area contributed by atoms with Gasteiger partial charge >= 0.3 is 0 Å². The van der Waals surface area contributed by atoms with Crippen molar-refractivity contribution in [3.05, 3.63) is 68.8 Å². The number of carbonyl (C=O) groups is 2. The Morgan fingerprint density at radius 3 is 2.57 bits per heavy atom. The fourth-order valence-electron chi connectivity index (χ4n) is 4.10. The second kappa shape index (κ2) is 12.7. The van der Waals surface area contributed by atoms with Crippen molar-refractivity contribution in [2.45, 2.75) is 38.1 Å². The highest BCUT2D eigenvalue weighted by atomic mass is 127. The predicted octanol–water partition coefficient (Wildman–Crippen LogP) is 1.91. The summed E-state index contributed by atoms with van der Waals surface area (Å²) in [7, 11) is 1.73. The molecule has 0 radical (unpaired) electrons. The largest absolute Gasteiger partial charge is 0.390 e. The summed E-state index contributed by atoms with van der Waals surface area (Å²) in [5, 5.41) is 16.9. The molecule has 3 atom stereocenters. The number of nitrogens with zero attached hydrogens (tertiary/aromatic N) is 2. The standard InChI is InChI=1S/C25H31F2IN4O3/c1-16-13-32(15-25(35)31(16)2)14-24(34)30-22(9-18-6-19(26)10-20(27)7-18)23(33)12-29-11-17-4-3-5-21(28)8-17/h3-8,10,16,22-23,29,33H,9,11-15H2,1-2H3,(H,30,34)/t16-,22+,23-/m1/s1. The third-order valence-electron chi connectivity index (χ3n) is 6.06. The maximum atomic E-state index is 13.7. The van der Waals surface area contributed by atoms with E-state index in [1.807, 2.05) is 31.2 Å². The lowest BCUT2D eigenvalue weighted by Crippen LogP contribution is -2.57. The molecule has 2 aromatic rings. The lowest BCUT2D eigenvalue weighted by atomic mass is 10.0. The minimum Gasteiger partial charge on any atom is -0.390 e. The number of nitrogens with one attached hydrogen (secondary N) is 2. The van der Waals surface area contributed by atoms with Crippen molar-refractivity contribution in [2.75, 3.05) is 33.2 Å². The van der Waals surface area contributed by atoms with Crippen molar-refractivity contribution < 1.29 is 23.5 Å². The summed E-state index contributed by atoms with van der Waals surface area (Å²) < 4.78 is 28.6. The predicted molar refractivity (Wildman–Crippen MR) is 138 cm³/mol. The number of benzene rings is 2. The van der Waals surface area contributed by atoms with Gasteiger partial charge in [0.05, 0.1) is 25.2 Å². The molecule has 0 aromatic heterocycles. The van der Waals surface area contributed by atoms with Gasteiger partial charge in [-0.15, -0.1) is 0 Å². The zero-order chi connectivity index (χ0) is 25.5. The Morgan fingerprint density at radius 2 is 1.91 bits per heavy atom. The number of piperazine rings is 1. The van der Waals surface area contributed by atoms with Gasteiger partial charge < -0.3 is 20.6 Å². The maximum absolute atomic E-state index is 13.7. The van der Waals surface area contributed by atoms with E-state index in [2.05, 4.69) is 33.2 Å². The normalized spacial score (nSPS) is 18.4. The highest BCUT2D eigenvalue weighted by molar-refractivity contribution is 14.1. The molecule has 3 rings (SSSR count). The molecule has 0 saturated carbocycles. The SMILES string of the molecule is C[C@@H]1CN(CC(=O)N[C@@H](Cc2cc(F)cc(F)c2)[C@H](O)CNCc2cccc(I)c2)CC(=O)N1C. The van der Waals surface area contributed by atoms with Crippen LogP contribution in [0.1, 0.15) is 18.1 Å². The Bertz CT molecular complexity index is 1020. The molecule has 1 aliphatic rings. The van der Waals surface area contributed by atoms with Crippen LogP contribution in [-0.4, -0.2) is 78.1 Å². The number of aliphatic hydroxyl groups is 1. The number of carbonyl (C=O) groups excluding carboxylic acids is 2. The van der Waals surface area contributed by atoms with E-state index < -0.39 is 23.8 Å². The fraction of sp³-hybridized carbons (Fsp3) is 0.440. The number of halogens is 3. The summed E-state index contributed by atoms with van der Waals surface area (Å²) in [4.78, 5) is 28.3. The highest BCUT2D eigenvalue weighted by Crippen LogP contribution is 2.13. The topological polar surface area (TPSA) is 84.9 Å². The summed E-state index contributed by atoms with van der Waals surface area (Å²) in [5.74, 6) is -1.88. The van der Waals surface area contributed by atoms with Gasteiger partial charge in [0, 0.05) is 42.4 Å². The number of rotatable bonds is 10. The third kappa shape index (κ3) is 8.48. The first kappa shape index (κ1) is 27.4. The summed E-state index contributed by atoms with van der Waals surface area (Å²) in [5.41, 5.74) is 1.37. The van der Waals surface area contributed by atoms with Crippen molar-refractivity contribution in [1.29, 1.82) is 0 Å². The van der Waals surface area contributed by atoms with Crippen molar-refractivity contribution >= 4 is 34.4 Å². The van der Waals surface area contributed by atoms with Gasteiger partial charge in [-0.25, -0.2) is 8.78 Å². The van der Waals surface area contributed by atoms with E-state index in [-0.39, 0.29) is 43.9 Å². The van der Waals surface area contributed by atoms with Crippen LogP contribution in [0.15, 0.2) is 42.5 Å². The minimum atomic E-state index is -1.01. The number of hydrogen-bond donors (Lipinski definition) is 3. The summed E-state index contributed by atoms with van der Waals surface area (Å²) in [6.07, 6.45) is -0.967. The van der Waals surface area contributed by atoms with Gasteiger partial charge in [-0.2, -0.15) is 0 Å². The average molecular weight is 600 g/mol. The molecular formula is C25H31F2IN4O3. The van der Waals surface area contributed by atoms with Gasteiger partial charge in [0.2, 0.25) is 11.8 Å². The van der Waals surface area contributed by atoms with Crippen molar-refractivity contribution in [3.63, 3.8) is 0 Å². The summed E-state index contributed by atoms with van der Waals surface area (Å²) >= 11 is 2.22. The number of likely N-dealkylation sites (N-methyl/N-ethyl adjacent to an activating group) is 1. The molecule has 0 spiro atoms. The van der Waals surface area contributed by atoms with E-state index >= 15 is 0 Å². The summed E-state index contributed by atoms with van der Waals surface area (Å²) in [6.45, 7) is 3.26. The second-order valence-electron chi connectivity index (χ2n) is 9.01. The fourth-order valence-corrected chi connectivity index (χ4v) is 4.71. The van der Waals surface area contributed by atoms with E-state index in [1.165, 1.54) is 12.1 Å². The zero-order valence-electron chi connectivity index (χ0n) is 19.8. The molecule has 1 fully saturated rings. The van der Waals surface area contributed by atoms with E-state index in [0.717, 1.165) is 15.2 Å². The molecule has 0 bridgehead atoms. The molecule has 1 aliphatic heterocycles. The molecule has 1 heterocycles. The molecule has 190 valence electrons. The van der Waals surface area contributed by atoms with Crippen LogP contribution >= 0.6 is 22.6 Å². The van der Waals surface area contributed by atoms with Gasteiger partial charge in [-0.05, 0) is 71.3 Å². The number of aliphatic hydroxyl groups excluding tert-OH is 1. The third-order valence-corrected chi connectivity index (χ3v) is 6.73. The molecule has 0 aliphatic carbocycles. The van der Waals surface area contributed by atoms with E-state index in [1.54, 1.807) is 16.8 Å².